The third-order valence-corrected chi connectivity index (χ3v) is 6.47. The van der Waals surface area contributed by atoms with Crippen LogP contribution in [0.1, 0.15) is 90.7 Å². The minimum Gasteiger partial charge on any atom is -0.507 e. The van der Waals surface area contributed by atoms with Crippen molar-refractivity contribution in [1.29, 1.82) is 0 Å². The van der Waals surface area contributed by atoms with Gasteiger partial charge in [-0.1, -0.05) is 59.1 Å². The van der Waals surface area contributed by atoms with Crippen LogP contribution in [0.4, 0.5) is 0 Å². The highest BCUT2D eigenvalue weighted by atomic mass is 16.3. The van der Waals surface area contributed by atoms with E-state index >= 15 is 0 Å². The molecular weight excluding hydrogens is 308 g/mol. The summed E-state index contributed by atoms with van der Waals surface area (Å²) >= 11 is 0. The van der Waals surface area contributed by atoms with Gasteiger partial charge in [-0.2, -0.15) is 0 Å². The summed E-state index contributed by atoms with van der Waals surface area (Å²) in [5, 5.41) is 21.6. The average Bonchev–Trinajstić information content (AvgIpc) is 2.49. The van der Waals surface area contributed by atoms with Gasteiger partial charge in [0.25, 0.3) is 0 Å². The molecule has 140 valence electrons. The molecule has 0 aromatic heterocycles. The van der Waals surface area contributed by atoms with E-state index < -0.39 is 0 Å². The number of phenols is 2. The lowest BCUT2D eigenvalue weighted by Gasteiger charge is -2.50. The molecule has 0 aliphatic heterocycles. The Morgan fingerprint density at radius 3 is 2.24 bits per heavy atom. The van der Waals surface area contributed by atoms with Crippen molar-refractivity contribution in [3.8, 4) is 11.5 Å². The summed E-state index contributed by atoms with van der Waals surface area (Å²) in [6.45, 7) is 13.4. The number of unbranched alkanes of at least 4 members (excludes halogenated alkanes) is 2. The SMILES string of the molecule is CCCCCc1cc(O)c([C@@H]2C=C(C)CCC2(C)C(C)(C)C)c(O)c1. The minimum atomic E-state index is -0.00873. The Kier molecular flexibility index (Phi) is 5.91. The Balaban J connectivity index is 2.46. The van der Waals surface area contributed by atoms with Crippen molar-refractivity contribution in [1.82, 2.24) is 0 Å². The molecule has 0 heterocycles. The standard InChI is InChI=1S/C23H36O2/c1-7-8-9-10-17-14-19(24)21(20(25)15-17)18-13-16(2)11-12-23(18,6)22(3,4)5/h13-15,18,24-25H,7-12H2,1-6H3/t18-,23?/m0/s1. The van der Waals surface area contributed by atoms with E-state index in [0.717, 1.165) is 31.2 Å². The molecule has 0 spiro atoms. The fourth-order valence-corrected chi connectivity index (χ4v) is 4.13. The molecule has 0 bridgehead atoms. The Labute approximate surface area is 154 Å². The molecule has 2 rings (SSSR count). The van der Waals surface area contributed by atoms with Crippen LogP contribution in [-0.4, -0.2) is 10.2 Å². The molecule has 0 saturated carbocycles. The van der Waals surface area contributed by atoms with Crippen LogP contribution >= 0.6 is 0 Å². The second-order valence-electron chi connectivity index (χ2n) is 9.16. The Morgan fingerprint density at radius 1 is 1.12 bits per heavy atom. The van der Waals surface area contributed by atoms with Crippen LogP contribution in [0.15, 0.2) is 23.8 Å². The fraction of sp³-hybridized carbons (Fsp3) is 0.652. The van der Waals surface area contributed by atoms with Crippen LogP contribution in [0.5, 0.6) is 11.5 Å². The van der Waals surface area contributed by atoms with Crippen LogP contribution in [0.3, 0.4) is 0 Å². The second kappa shape index (κ2) is 7.43. The van der Waals surface area contributed by atoms with E-state index in [9.17, 15) is 10.2 Å². The molecule has 1 aliphatic rings. The number of allylic oxidation sites excluding steroid dienone is 2. The van der Waals surface area contributed by atoms with Crippen molar-refractivity contribution in [2.45, 2.75) is 86.0 Å². The molecule has 0 fully saturated rings. The zero-order valence-corrected chi connectivity index (χ0v) is 16.9. The normalized spacial score (nSPS) is 24.2. The van der Waals surface area contributed by atoms with Crippen LogP contribution < -0.4 is 0 Å². The molecule has 1 aliphatic carbocycles. The lowest BCUT2D eigenvalue weighted by Crippen LogP contribution is -2.39. The molecule has 0 amide bonds. The molecule has 1 aromatic rings. The van der Waals surface area contributed by atoms with E-state index in [2.05, 4.69) is 47.6 Å². The first kappa shape index (κ1) is 19.9. The largest absolute Gasteiger partial charge is 0.507 e. The maximum atomic E-state index is 10.8. The van der Waals surface area contributed by atoms with Crippen LogP contribution in [-0.2, 0) is 6.42 Å². The molecule has 2 heteroatoms. The zero-order chi connectivity index (χ0) is 18.8. The number of phenolic OH excluding ortho intramolecular Hbond substituents is 2. The molecule has 25 heavy (non-hydrogen) atoms. The monoisotopic (exact) mass is 344 g/mol. The first-order valence-electron chi connectivity index (χ1n) is 9.82. The maximum absolute atomic E-state index is 10.8. The lowest BCUT2D eigenvalue weighted by molar-refractivity contribution is 0.0702. The molecule has 2 N–H and O–H groups in total. The molecular formula is C23H36O2. The second-order valence-corrected chi connectivity index (χ2v) is 9.16. The van der Waals surface area contributed by atoms with Gasteiger partial charge in [-0.15, -0.1) is 0 Å². The summed E-state index contributed by atoms with van der Waals surface area (Å²) in [5.74, 6) is 0.529. The predicted octanol–water partition coefficient (Wildman–Crippen LogP) is 6.71. The smallest absolute Gasteiger partial charge is 0.123 e. The van der Waals surface area contributed by atoms with Crippen molar-refractivity contribution >= 4 is 0 Å². The number of aryl methyl sites for hydroxylation is 1. The molecule has 1 aromatic carbocycles. The summed E-state index contributed by atoms with van der Waals surface area (Å²) in [6.07, 6.45) is 8.77. The van der Waals surface area contributed by atoms with Gasteiger partial charge in [0.1, 0.15) is 11.5 Å². The molecule has 2 atom stereocenters. The molecule has 0 saturated heterocycles. The summed E-state index contributed by atoms with van der Waals surface area (Å²) in [5.41, 5.74) is 3.15. The van der Waals surface area contributed by atoms with Gasteiger partial charge < -0.3 is 10.2 Å². The highest BCUT2D eigenvalue weighted by molar-refractivity contribution is 5.52. The Morgan fingerprint density at radius 2 is 1.72 bits per heavy atom. The van der Waals surface area contributed by atoms with Crippen LogP contribution in [0.25, 0.3) is 0 Å². The number of rotatable bonds is 5. The van der Waals surface area contributed by atoms with E-state index in [1.54, 1.807) is 0 Å². The number of hydrogen-bond donors (Lipinski definition) is 2. The van der Waals surface area contributed by atoms with Gasteiger partial charge in [-0.05, 0) is 61.1 Å². The summed E-state index contributed by atoms with van der Waals surface area (Å²) in [6, 6.07) is 3.73. The highest BCUT2D eigenvalue weighted by Crippen LogP contribution is 2.58. The Bertz CT molecular complexity index is 613. The van der Waals surface area contributed by atoms with E-state index in [1.807, 2.05) is 12.1 Å². The van der Waals surface area contributed by atoms with Gasteiger partial charge in [0.05, 0.1) is 0 Å². The number of hydrogen-bond acceptors (Lipinski definition) is 2. The van der Waals surface area contributed by atoms with Crippen LogP contribution in [0, 0.1) is 10.8 Å². The van der Waals surface area contributed by atoms with E-state index in [-0.39, 0.29) is 28.2 Å². The van der Waals surface area contributed by atoms with Crippen molar-refractivity contribution in [2.75, 3.05) is 0 Å². The van der Waals surface area contributed by atoms with Gasteiger partial charge in [0.15, 0.2) is 0 Å². The van der Waals surface area contributed by atoms with Crippen molar-refractivity contribution in [2.24, 2.45) is 10.8 Å². The topological polar surface area (TPSA) is 40.5 Å². The van der Waals surface area contributed by atoms with Gasteiger partial charge in [-0.3, -0.25) is 0 Å². The summed E-state index contributed by atoms with van der Waals surface area (Å²) < 4.78 is 0. The highest BCUT2D eigenvalue weighted by Gasteiger charge is 2.46. The Hall–Kier alpha value is -1.44. The maximum Gasteiger partial charge on any atom is 0.123 e. The zero-order valence-electron chi connectivity index (χ0n) is 16.9. The first-order valence-corrected chi connectivity index (χ1v) is 9.82. The van der Waals surface area contributed by atoms with Crippen LogP contribution in [0.2, 0.25) is 0 Å². The third kappa shape index (κ3) is 4.04. The minimum absolute atomic E-state index is 0.00873. The van der Waals surface area contributed by atoms with Crippen molar-refractivity contribution in [3.63, 3.8) is 0 Å². The van der Waals surface area contributed by atoms with Gasteiger partial charge in [-0.25, -0.2) is 0 Å². The number of benzene rings is 1. The van der Waals surface area contributed by atoms with Gasteiger partial charge in [0, 0.05) is 11.5 Å². The lowest BCUT2D eigenvalue weighted by atomic mass is 9.54. The summed E-state index contributed by atoms with van der Waals surface area (Å²) in [7, 11) is 0. The quantitative estimate of drug-likeness (QED) is 0.460. The van der Waals surface area contributed by atoms with Crippen molar-refractivity contribution in [3.05, 3.63) is 34.9 Å². The third-order valence-electron chi connectivity index (χ3n) is 6.47. The summed E-state index contributed by atoms with van der Waals surface area (Å²) in [4.78, 5) is 0. The van der Waals surface area contributed by atoms with Gasteiger partial charge >= 0.3 is 0 Å². The molecule has 1 unspecified atom stereocenters. The number of aromatic hydroxyl groups is 2. The van der Waals surface area contributed by atoms with Crippen molar-refractivity contribution < 1.29 is 10.2 Å². The molecule has 0 radical (unpaired) electrons. The first-order chi connectivity index (χ1) is 11.6. The van der Waals surface area contributed by atoms with Gasteiger partial charge in [0.2, 0.25) is 0 Å². The van der Waals surface area contributed by atoms with E-state index in [4.69, 9.17) is 0 Å². The van der Waals surface area contributed by atoms with E-state index in [0.29, 0.717) is 5.56 Å². The van der Waals surface area contributed by atoms with E-state index in [1.165, 1.54) is 18.4 Å². The predicted molar refractivity (Wildman–Crippen MR) is 106 cm³/mol. The average molecular weight is 345 g/mol. The fourth-order valence-electron chi connectivity index (χ4n) is 4.13. The molecule has 2 nitrogen and oxygen atoms in total.